The monoisotopic (exact) mass is 345 g/mol. The molecule has 2 unspecified atom stereocenters. The minimum atomic E-state index is 0.282. The van der Waals surface area contributed by atoms with Crippen LogP contribution >= 0.6 is 0 Å². The van der Waals surface area contributed by atoms with Crippen molar-refractivity contribution >= 4 is 5.91 Å². The fourth-order valence-corrected chi connectivity index (χ4v) is 8.25. The fourth-order valence-electron chi connectivity index (χ4n) is 8.25. The Morgan fingerprint density at radius 3 is 2.52 bits per heavy atom. The zero-order valence-corrected chi connectivity index (χ0v) is 17.0. The van der Waals surface area contributed by atoms with Crippen molar-refractivity contribution in [2.45, 2.75) is 97.9 Å². The van der Waals surface area contributed by atoms with Crippen molar-refractivity contribution in [2.24, 2.45) is 34.5 Å². The summed E-state index contributed by atoms with van der Waals surface area (Å²) in [6, 6.07) is 0.512. The number of carbonyl (C=O) groups excluding carboxylic acids is 1. The zero-order valence-electron chi connectivity index (χ0n) is 17.0. The van der Waals surface area contributed by atoms with Gasteiger partial charge in [-0.3, -0.25) is 4.79 Å². The lowest BCUT2D eigenvalue weighted by molar-refractivity contribution is -0.139. The van der Waals surface area contributed by atoms with Gasteiger partial charge in [0, 0.05) is 19.5 Å². The van der Waals surface area contributed by atoms with Crippen LogP contribution in [0.4, 0.5) is 0 Å². The summed E-state index contributed by atoms with van der Waals surface area (Å²) in [6.45, 7) is 10.0. The number of amides is 1. The zero-order chi connectivity index (χ0) is 17.8. The van der Waals surface area contributed by atoms with E-state index in [-0.39, 0.29) is 5.91 Å². The van der Waals surface area contributed by atoms with E-state index in [0.29, 0.717) is 16.9 Å². The molecule has 0 aromatic rings. The molecule has 25 heavy (non-hydrogen) atoms. The van der Waals surface area contributed by atoms with Gasteiger partial charge in [-0.05, 0) is 99.2 Å². The van der Waals surface area contributed by atoms with E-state index in [0.717, 1.165) is 30.2 Å². The van der Waals surface area contributed by atoms with Gasteiger partial charge in [-0.25, -0.2) is 0 Å². The molecule has 4 saturated carbocycles. The molecule has 4 fully saturated rings. The molecule has 0 bridgehead atoms. The maximum absolute atomic E-state index is 12.0. The molecule has 4 rings (SSSR count). The quantitative estimate of drug-likeness (QED) is 0.632. The largest absolute Gasteiger partial charge is 0.340 e. The number of rotatable bonds is 2. The lowest BCUT2D eigenvalue weighted by Gasteiger charge is -2.61. The average molecular weight is 346 g/mol. The van der Waals surface area contributed by atoms with Gasteiger partial charge in [-0.1, -0.05) is 20.3 Å². The van der Waals surface area contributed by atoms with Crippen molar-refractivity contribution in [3.05, 3.63) is 0 Å². The van der Waals surface area contributed by atoms with E-state index in [1.807, 2.05) is 0 Å². The van der Waals surface area contributed by atoms with Gasteiger partial charge >= 0.3 is 0 Å². The summed E-state index contributed by atoms with van der Waals surface area (Å²) in [4.78, 5) is 14.2. The number of fused-ring (bicyclic) bond motifs is 5. The lowest BCUT2D eigenvalue weighted by Crippen LogP contribution is -2.55. The van der Waals surface area contributed by atoms with Crippen LogP contribution in [0.15, 0.2) is 0 Å². The normalized spacial score (nSPS) is 49.0. The Balaban J connectivity index is 1.53. The van der Waals surface area contributed by atoms with Crippen molar-refractivity contribution in [3.8, 4) is 0 Å². The number of hydrogen-bond donors (Lipinski definition) is 0. The molecule has 4 aliphatic carbocycles. The van der Waals surface area contributed by atoms with Gasteiger partial charge in [-0.15, -0.1) is 0 Å². The van der Waals surface area contributed by atoms with E-state index in [9.17, 15) is 4.79 Å². The molecule has 0 heterocycles. The molecule has 142 valence electrons. The highest BCUT2D eigenvalue weighted by Gasteiger charge is 2.58. The van der Waals surface area contributed by atoms with Crippen molar-refractivity contribution in [3.63, 3.8) is 0 Å². The summed E-state index contributed by atoms with van der Waals surface area (Å²) < 4.78 is 0. The summed E-state index contributed by atoms with van der Waals surface area (Å²) in [5.41, 5.74) is 1.23. The first kappa shape index (κ1) is 17.9. The molecule has 0 saturated heterocycles. The van der Waals surface area contributed by atoms with E-state index in [2.05, 4.69) is 25.7 Å². The average Bonchev–Trinajstić information content (AvgIpc) is 2.97. The van der Waals surface area contributed by atoms with Crippen LogP contribution in [0, 0.1) is 34.5 Å². The number of carbonyl (C=O) groups is 1. The molecule has 7 atom stereocenters. The second-order valence-corrected chi connectivity index (χ2v) is 10.5. The van der Waals surface area contributed by atoms with E-state index >= 15 is 0 Å². The fraction of sp³-hybridized carbons (Fsp3) is 0.957. The van der Waals surface area contributed by atoms with Gasteiger partial charge < -0.3 is 4.90 Å². The van der Waals surface area contributed by atoms with Crippen LogP contribution in [0.1, 0.15) is 91.9 Å². The highest BCUT2D eigenvalue weighted by molar-refractivity contribution is 5.73. The highest BCUT2D eigenvalue weighted by Crippen LogP contribution is 2.66. The molecular weight excluding hydrogens is 306 g/mol. The van der Waals surface area contributed by atoms with Crippen LogP contribution in [0.25, 0.3) is 0 Å². The Labute approximate surface area is 155 Å². The molecule has 0 spiro atoms. The van der Waals surface area contributed by atoms with Gasteiger partial charge in [0.25, 0.3) is 0 Å². The van der Waals surface area contributed by atoms with E-state index in [4.69, 9.17) is 0 Å². The Morgan fingerprint density at radius 2 is 1.80 bits per heavy atom. The molecule has 0 aromatic carbocycles. The predicted molar refractivity (Wildman–Crippen MR) is 103 cm³/mol. The summed E-state index contributed by atoms with van der Waals surface area (Å²) in [7, 11) is 0. The van der Waals surface area contributed by atoms with Crippen LogP contribution in [-0.2, 0) is 4.79 Å². The van der Waals surface area contributed by atoms with Crippen molar-refractivity contribution in [2.75, 3.05) is 6.54 Å². The van der Waals surface area contributed by atoms with E-state index < -0.39 is 0 Å². The van der Waals surface area contributed by atoms with Crippen molar-refractivity contribution in [1.29, 1.82) is 0 Å². The molecule has 4 aliphatic rings. The predicted octanol–water partition coefficient (Wildman–Crippen LogP) is 5.66. The lowest BCUT2D eigenvalue weighted by atomic mass is 9.45. The third kappa shape index (κ3) is 2.69. The Morgan fingerprint density at radius 1 is 1.00 bits per heavy atom. The first-order chi connectivity index (χ1) is 11.9. The van der Waals surface area contributed by atoms with Gasteiger partial charge in [-0.2, -0.15) is 0 Å². The minimum Gasteiger partial charge on any atom is -0.340 e. The van der Waals surface area contributed by atoms with Crippen LogP contribution in [0.5, 0.6) is 0 Å². The maximum atomic E-state index is 12.0. The SMILES string of the molecule is CCN(C(C)=O)C1CC[C@@]2(C)C(CC[C@H]3[C@@H]4CCC[C@@]4(C)CC[C@@H]32)C1. The summed E-state index contributed by atoms with van der Waals surface area (Å²) in [5.74, 6) is 4.13. The molecule has 2 heteroatoms. The summed E-state index contributed by atoms with van der Waals surface area (Å²) in [6.07, 6.45) is 14.2. The van der Waals surface area contributed by atoms with Gasteiger partial charge in [0.05, 0.1) is 0 Å². The third-order valence-corrected chi connectivity index (χ3v) is 9.61. The number of nitrogens with zero attached hydrogens (tertiary/aromatic N) is 1. The third-order valence-electron chi connectivity index (χ3n) is 9.61. The summed E-state index contributed by atoms with van der Waals surface area (Å²) >= 11 is 0. The van der Waals surface area contributed by atoms with Crippen LogP contribution in [-0.4, -0.2) is 23.4 Å². The smallest absolute Gasteiger partial charge is 0.219 e. The summed E-state index contributed by atoms with van der Waals surface area (Å²) in [5, 5.41) is 0. The maximum Gasteiger partial charge on any atom is 0.219 e. The van der Waals surface area contributed by atoms with Crippen LogP contribution in [0.3, 0.4) is 0 Å². The van der Waals surface area contributed by atoms with E-state index in [1.54, 1.807) is 6.92 Å². The van der Waals surface area contributed by atoms with Crippen molar-refractivity contribution in [1.82, 2.24) is 4.90 Å². The second-order valence-electron chi connectivity index (χ2n) is 10.5. The van der Waals surface area contributed by atoms with Gasteiger partial charge in [0.1, 0.15) is 0 Å². The first-order valence-electron chi connectivity index (χ1n) is 11.2. The first-order valence-corrected chi connectivity index (χ1v) is 11.2. The molecule has 2 nitrogen and oxygen atoms in total. The highest BCUT2D eigenvalue weighted by atomic mass is 16.2. The molecule has 0 aliphatic heterocycles. The minimum absolute atomic E-state index is 0.282. The van der Waals surface area contributed by atoms with E-state index in [1.165, 1.54) is 64.2 Å². The molecular formula is C23H39NO. The van der Waals surface area contributed by atoms with Gasteiger partial charge in [0.15, 0.2) is 0 Å². The second kappa shape index (κ2) is 6.27. The topological polar surface area (TPSA) is 20.3 Å². The standard InChI is InChI=1S/C23H39NO/c1-5-24(16(2)25)18-10-14-23(4)17(15-18)8-9-19-20-7-6-12-22(20,3)13-11-21(19)23/h17-21H,5-15H2,1-4H3/t17?,18?,19-,20-,21-,22-,23-/m0/s1. The Kier molecular flexibility index (Phi) is 4.48. The van der Waals surface area contributed by atoms with Crippen LogP contribution in [0.2, 0.25) is 0 Å². The molecule has 0 radical (unpaired) electrons. The molecule has 0 N–H and O–H groups in total. The van der Waals surface area contributed by atoms with Gasteiger partial charge in [0.2, 0.25) is 5.91 Å². The van der Waals surface area contributed by atoms with Crippen LogP contribution < -0.4 is 0 Å². The molecule has 0 aromatic heterocycles. The van der Waals surface area contributed by atoms with Crippen molar-refractivity contribution < 1.29 is 4.79 Å². The molecule has 1 amide bonds. The Bertz CT molecular complexity index is 530. The number of hydrogen-bond acceptors (Lipinski definition) is 1. The Hall–Kier alpha value is -0.530.